The molecule has 5 heteroatoms. The number of halogens is 2. The monoisotopic (exact) mass is 276 g/mol. The third-order valence-electron chi connectivity index (χ3n) is 2.60. The van der Waals surface area contributed by atoms with Crippen LogP contribution in [0.25, 0.3) is 18.2 Å². The van der Waals surface area contributed by atoms with Crippen LogP contribution in [0.1, 0.15) is 17.1 Å². The molecule has 20 heavy (non-hydrogen) atoms. The van der Waals surface area contributed by atoms with E-state index in [1.54, 1.807) is 13.2 Å². The maximum Gasteiger partial charge on any atom is 0.141 e. The predicted octanol–water partition coefficient (Wildman–Crippen LogP) is 3.87. The van der Waals surface area contributed by atoms with Gasteiger partial charge in [-0.1, -0.05) is 18.2 Å². The van der Waals surface area contributed by atoms with E-state index in [4.69, 9.17) is 4.74 Å². The largest absolute Gasteiger partial charge is 0.497 e. The van der Waals surface area contributed by atoms with Gasteiger partial charge in [0.2, 0.25) is 0 Å². The number of hydrogen-bond acceptors (Lipinski definition) is 2. The number of methoxy groups -OCH3 is 1. The molecule has 2 aromatic rings. The number of allylic oxidation sites excluding steroid dienone is 1. The Morgan fingerprint density at radius 2 is 2.05 bits per heavy atom. The van der Waals surface area contributed by atoms with Crippen molar-refractivity contribution < 1.29 is 13.5 Å². The van der Waals surface area contributed by atoms with E-state index in [2.05, 4.69) is 9.97 Å². The molecule has 0 aliphatic carbocycles. The third-order valence-corrected chi connectivity index (χ3v) is 2.60. The average Bonchev–Trinajstić information content (AvgIpc) is 2.93. The van der Waals surface area contributed by atoms with E-state index >= 15 is 0 Å². The van der Waals surface area contributed by atoms with Gasteiger partial charge < -0.3 is 9.72 Å². The number of nitrogens with zero attached hydrogens (tertiary/aromatic N) is 1. The van der Waals surface area contributed by atoms with Gasteiger partial charge >= 0.3 is 0 Å². The molecule has 1 aromatic heterocycles. The normalized spacial score (nSPS) is 12.1. The van der Waals surface area contributed by atoms with Crippen molar-refractivity contribution in [3.63, 3.8) is 0 Å². The fraction of sp³-hybridized carbons (Fsp3) is 0.133. The summed E-state index contributed by atoms with van der Waals surface area (Å²) < 4.78 is 29.8. The van der Waals surface area contributed by atoms with Gasteiger partial charge in [0.15, 0.2) is 0 Å². The van der Waals surface area contributed by atoms with Crippen LogP contribution in [-0.4, -0.2) is 23.8 Å². The smallest absolute Gasteiger partial charge is 0.141 e. The molecule has 0 bridgehead atoms. The number of ether oxygens (including phenoxy) is 1. The second-order valence-corrected chi connectivity index (χ2v) is 4.06. The molecule has 1 N–H and O–H groups in total. The molecule has 0 fully saturated rings. The Hall–Kier alpha value is -2.43. The fourth-order valence-corrected chi connectivity index (χ4v) is 1.61. The van der Waals surface area contributed by atoms with E-state index in [1.807, 2.05) is 30.3 Å². The van der Waals surface area contributed by atoms with Crippen molar-refractivity contribution in [3.05, 3.63) is 53.4 Å². The SMILES string of the molecule is COc1ccc(/C=C/c2ncc(/C=C(\F)CF)[nH]2)cc1. The minimum Gasteiger partial charge on any atom is -0.497 e. The first-order valence-electron chi connectivity index (χ1n) is 6.00. The molecule has 0 unspecified atom stereocenters. The molecule has 3 nitrogen and oxygen atoms in total. The first kappa shape index (κ1) is 14.0. The summed E-state index contributed by atoms with van der Waals surface area (Å²) in [4.78, 5) is 6.92. The van der Waals surface area contributed by atoms with Gasteiger partial charge in [-0.05, 0) is 29.8 Å². The van der Waals surface area contributed by atoms with Crippen LogP contribution < -0.4 is 4.74 Å². The van der Waals surface area contributed by atoms with Gasteiger partial charge in [0.25, 0.3) is 0 Å². The fourth-order valence-electron chi connectivity index (χ4n) is 1.61. The van der Waals surface area contributed by atoms with E-state index in [9.17, 15) is 8.78 Å². The molecule has 104 valence electrons. The van der Waals surface area contributed by atoms with Crippen molar-refractivity contribution in [1.82, 2.24) is 9.97 Å². The topological polar surface area (TPSA) is 37.9 Å². The van der Waals surface area contributed by atoms with Crippen LogP contribution in [-0.2, 0) is 0 Å². The molecule has 0 atom stereocenters. The third kappa shape index (κ3) is 3.78. The Bertz CT molecular complexity index is 615. The van der Waals surface area contributed by atoms with Gasteiger partial charge in [-0.2, -0.15) is 0 Å². The van der Waals surface area contributed by atoms with Crippen molar-refractivity contribution in [3.8, 4) is 5.75 Å². The van der Waals surface area contributed by atoms with Gasteiger partial charge in [0.1, 0.15) is 24.1 Å². The highest BCUT2D eigenvalue weighted by Gasteiger charge is 1.98. The van der Waals surface area contributed by atoms with Crippen LogP contribution in [0.2, 0.25) is 0 Å². The molecule has 0 radical (unpaired) electrons. The van der Waals surface area contributed by atoms with Crippen molar-refractivity contribution in [2.45, 2.75) is 0 Å². The lowest BCUT2D eigenvalue weighted by Crippen LogP contribution is -1.81. The lowest BCUT2D eigenvalue weighted by atomic mass is 10.2. The number of benzene rings is 1. The van der Waals surface area contributed by atoms with Crippen molar-refractivity contribution >= 4 is 18.2 Å². The number of aromatic amines is 1. The van der Waals surface area contributed by atoms with Gasteiger partial charge in [-0.3, -0.25) is 0 Å². The Morgan fingerprint density at radius 1 is 1.30 bits per heavy atom. The Balaban J connectivity index is 2.07. The zero-order valence-corrected chi connectivity index (χ0v) is 10.9. The number of alkyl halides is 1. The highest BCUT2D eigenvalue weighted by molar-refractivity contribution is 5.67. The number of nitrogens with one attached hydrogen (secondary N) is 1. The minimum absolute atomic E-state index is 0.425. The number of imidazole rings is 1. The zero-order valence-electron chi connectivity index (χ0n) is 10.9. The summed E-state index contributed by atoms with van der Waals surface area (Å²) in [6.07, 6.45) is 6.14. The Morgan fingerprint density at radius 3 is 2.70 bits per heavy atom. The molecule has 0 amide bonds. The summed E-state index contributed by atoms with van der Waals surface area (Å²) >= 11 is 0. The molecule has 0 spiro atoms. The lowest BCUT2D eigenvalue weighted by Gasteiger charge is -1.98. The second-order valence-electron chi connectivity index (χ2n) is 4.06. The van der Waals surface area contributed by atoms with Crippen LogP contribution >= 0.6 is 0 Å². The quantitative estimate of drug-likeness (QED) is 0.900. The van der Waals surface area contributed by atoms with Crippen LogP contribution in [0.15, 0.2) is 36.3 Å². The molecule has 0 saturated heterocycles. The highest BCUT2D eigenvalue weighted by Crippen LogP contribution is 2.13. The van der Waals surface area contributed by atoms with Gasteiger partial charge in [-0.25, -0.2) is 13.8 Å². The van der Waals surface area contributed by atoms with Gasteiger partial charge in [-0.15, -0.1) is 0 Å². The van der Waals surface area contributed by atoms with Crippen LogP contribution in [0, 0.1) is 0 Å². The summed E-state index contributed by atoms with van der Waals surface area (Å²) in [5.41, 5.74) is 1.41. The number of aromatic nitrogens is 2. The van der Waals surface area contributed by atoms with Crippen molar-refractivity contribution in [2.75, 3.05) is 13.8 Å². The average molecular weight is 276 g/mol. The van der Waals surface area contributed by atoms with E-state index in [0.717, 1.165) is 17.4 Å². The van der Waals surface area contributed by atoms with E-state index in [-0.39, 0.29) is 0 Å². The van der Waals surface area contributed by atoms with E-state index in [0.29, 0.717) is 11.5 Å². The molecule has 0 saturated carbocycles. The first-order valence-corrected chi connectivity index (χ1v) is 6.00. The lowest BCUT2D eigenvalue weighted by molar-refractivity contribution is 0.415. The van der Waals surface area contributed by atoms with E-state index < -0.39 is 12.5 Å². The molecular weight excluding hydrogens is 262 g/mol. The van der Waals surface area contributed by atoms with E-state index in [1.165, 1.54) is 6.20 Å². The molecule has 1 aromatic carbocycles. The maximum atomic E-state index is 12.8. The zero-order chi connectivity index (χ0) is 14.4. The Kier molecular flexibility index (Phi) is 4.65. The molecular formula is C15H14F2N2O. The second kappa shape index (κ2) is 6.65. The maximum absolute atomic E-state index is 12.8. The minimum atomic E-state index is -1.12. The van der Waals surface area contributed by atoms with Crippen LogP contribution in [0.4, 0.5) is 8.78 Å². The van der Waals surface area contributed by atoms with Crippen LogP contribution in [0.3, 0.4) is 0 Å². The Labute approximate surface area is 115 Å². The summed E-state index contributed by atoms with van der Waals surface area (Å²) in [5, 5.41) is 0. The van der Waals surface area contributed by atoms with Crippen molar-refractivity contribution in [2.24, 2.45) is 0 Å². The predicted molar refractivity (Wildman–Crippen MR) is 75.6 cm³/mol. The number of rotatable bonds is 5. The van der Waals surface area contributed by atoms with Crippen LogP contribution in [0.5, 0.6) is 5.75 Å². The summed E-state index contributed by atoms with van der Waals surface area (Å²) in [6, 6.07) is 7.52. The summed E-state index contributed by atoms with van der Waals surface area (Å²) in [7, 11) is 1.61. The summed E-state index contributed by atoms with van der Waals surface area (Å²) in [5.74, 6) is 0.521. The molecule has 1 heterocycles. The highest BCUT2D eigenvalue weighted by atomic mass is 19.2. The number of hydrogen-bond donors (Lipinski definition) is 1. The van der Waals surface area contributed by atoms with Gasteiger partial charge in [0.05, 0.1) is 19.0 Å². The molecule has 0 aliphatic heterocycles. The molecule has 2 rings (SSSR count). The standard InChI is InChI=1S/C15H14F2N2O/c1-20-14-5-2-11(3-6-14)4-7-15-18-10-13(19-15)8-12(17)9-16/h2-8,10H,9H2,1H3,(H,18,19)/b7-4+,12-8-. The number of H-pyrrole nitrogens is 1. The summed E-state index contributed by atoms with van der Waals surface area (Å²) in [6.45, 7) is -1.12. The van der Waals surface area contributed by atoms with Gasteiger partial charge in [0, 0.05) is 0 Å². The molecule has 0 aliphatic rings. The van der Waals surface area contributed by atoms with Crippen molar-refractivity contribution in [1.29, 1.82) is 0 Å². The first-order chi connectivity index (χ1) is 9.71.